The molecule has 128 valence electrons. The molecule has 0 saturated heterocycles. The Morgan fingerprint density at radius 2 is 1.88 bits per heavy atom. The Kier molecular flexibility index (Phi) is 4.88. The van der Waals surface area contributed by atoms with E-state index < -0.39 is 0 Å². The number of nitrogens with zero attached hydrogens (tertiary/aromatic N) is 1. The van der Waals surface area contributed by atoms with Crippen LogP contribution < -0.4 is 4.74 Å². The fourth-order valence-corrected chi connectivity index (χ4v) is 3.66. The van der Waals surface area contributed by atoms with Gasteiger partial charge in [0.2, 0.25) is 0 Å². The van der Waals surface area contributed by atoms with Crippen LogP contribution in [0, 0.1) is 11.3 Å². The van der Waals surface area contributed by atoms with E-state index in [2.05, 4.69) is 31.8 Å². The van der Waals surface area contributed by atoms with Crippen LogP contribution in [0.2, 0.25) is 0 Å². The molecule has 3 rings (SSSR count). The van der Waals surface area contributed by atoms with Crippen molar-refractivity contribution in [3.8, 4) is 5.75 Å². The van der Waals surface area contributed by atoms with Crippen molar-refractivity contribution in [3.05, 3.63) is 36.0 Å². The van der Waals surface area contributed by atoms with E-state index in [0.29, 0.717) is 17.9 Å². The quantitative estimate of drug-likeness (QED) is 0.746. The van der Waals surface area contributed by atoms with Gasteiger partial charge in [0.15, 0.2) is 0 Å². The normalized spacial score (nSPS) is 21.6. The highest BCUT2D eigenvalue weighted by atomic mass is 16.5. The van der Waals surface area contributed by atoms with Crippen molar-refractivity contribution < 1.29 is 9.53 Å². The van der Waals surface area contributed by atoms with Crippen molar-refractivity contribution >= 4 is 17.2 Å². The summed E-state index contributed by atoms with van der Waals surface area (Å²) in [6, 6.07) is 9.97. The van der Waals surface area contributed by atoms with Gasteiger partial charge in [-0.2, -0.15) is 0 Å². The van der Waals surface area contributed by atoms with Crippen LogP contribution in [0.5, 0.6) is 5.75 Å². The van der Waals surface area contributed by atoms with E-state index in [0.717, 1.165) is 47.4 Å². The number of benzene rings is 1. The van der Waals surface area contributed by atoms with Gasteiger partial charge in [0.1, 0.15) is 12.0 Å². The van der Waals surface area contributed by atoms with Crippen molar-refractivity contribution in [2.24, 2.45) is 11.3 Å². The lowest BCUT2D eigenvalue weighted by atomic mass is 9.72. The molecule has 2 aromatic rings. The highest BCUT2D eigenvalue weighted by molar-refractivity contribution is 5.80. The van der Waals surface area contributed by atoms with Crippen molar-refractivity contribution in [1.29, 1.82) is 0 Å². The fourth-order valence-electron chi connectivity index (χ4n) is 3.66. The van der Waals surface area contributed by atoms with E-state index in [1.165, 1.54) is 12.8 Å². The zero-order valence-electron chi connectivity index (χ0n) is 14.9. The summed E-state index contributed by atoms with van der Waals surface area (Å²) in [7, 11) is 0. The molecule has 0 bridgehead atoms. The lowest BCUT2D eigenvalue weighted by molar-refractivity contribution is -0.107. The smallest absolute Gasteiger partial charge is 0.125 e. The number of aromatic nitrogens is 1. The molecule has 0 radical (unpaired) electrons. The molecule has 0 atom stereocenters. The molecular formula is C21H27NO2. The van der Waals surface area contributed by atoms with E-state index in [4.69, 9.17) is 4.74 Å². The third-order valence-electron chi connectivity index (χ3n) is 5.21. The van der Waals surface area contributed by atoms with E-state index in [1.54, 1.807) is 0 Å². The van der Waals surface area contributed by atoms with Crippen LogP contribution >= 0.6 is 0 Å². The van der Waals surface area contributed by atoms with Gasteiger partial charge in [0.25, 0.3) is 0 Å². The first-order valence-corrected chi connectivity index (χ1v) is 8.95. The van der Waals surface area contributed by atoms with Crippen LogP contribution in [-0.4, -0.2) is 17.4 Å². The largest absolute Gasteiger partial charge is 0.490 e. The molecule has 1 aliphatic carbocycles. The molecule has 1 aromatic carbocycles. The molecule has 1 fully saturated rings. The molecule has 1 heterocycles. The van der Waals surface area contributed by atoms with Crippen LogP contribution in [0.1, 0.15) is 52.1 Å². The number of hydrogen-bond acceptors (Lipinski definition) is 3. The van der Waals surface area contributed by atoms with Crippen molar-refractivity contribution in [2.45, 2.75) is 59.0 Å². The first kappa shape index (κ1) is 16.9. The van der Waals surface area contributed by atoms with Gasteiger partial charge in [-0.3, -0.25) is 4.98 Å². The standard InChI is InChI=1S/C21H27NO2/c1-21(2,3)16-5-8-18(9-6-16)24-19-10-11-20-15(14-19)4-7-17(22-20)12-13-23/h4,7,10-11,13-14,16,18H,5-6,8-9,12H2,1-3H3. The number of fused-ring (bicyclic) bond motifs is 1. The molecule has 1 aliphatic rings. The average Bonchev–Trinajstić information content (AvgIpc) is 2.55. The fraction of sp³-hybridized carbons (Fsp3) is 0.524. The molecule has 1 aromatic heterocycles. The number of ether oxygens (including phenoxy) is 1. The maximum atomic E-state index is 10.6. The topological polar surface area (TPSA) is 39.2 Å². The minimum Gasteiger partial charge on any atom is -0.490 e. The summed E-state index contributed by atoms with van der Waals surface area (Å²) < 4.78 is 6.22. The Bertz CT molecular complexity index is 709. The molecule has 3 heteroatoms. The van der Waals surface area contributed by atoms with Crippen molar-refractivity contribution in [1.82, 2.24) is 4.98 Å². The molecule has 0 aliphatic heterocycles. The molecule has 3 nitrogen and oxygen atoms in total. The van der Waals surface area contributed by atoms with Gasteiger partial charge in [-0.05, 0) is 61.3 Å². The number of carbonyl (C=O) groups excluding carboxylic acids is 1. The summed E-state index contributed by atoms with van der Waals surface area (Å²) in [4.78, 5) is 15.1. The lowest BCUT2D eigenvalue weighted by Crippen LogP contribution is -2.30. The van der Waals surface area contributed by atoms with Gasteiger partial charge < -0.3 is 9.53 Å². The van der Waals surface area contributed by atoms with Crippen LogP contribution in [-0.2, 0) is 11.2 Å². The Labute approximate surface area is 144 Å². The van der Waals surface area contributed by atoms with Gasteiger partial charge in [-0.15, -0.1) is 0 Å². The molecule has 24 heavy (non-hydrogen) atoms. The summed E-state index contributed by atoms with van der Waals surface area (Å²) in [6.45, 7) is 7.02. The molecule has 1 saturated carbocycles. The van der Waals surface area contributed by atoms with Crippen LogP contribution in [0.4, 0.5) is 0 Å². The Balaban J connectivity index is 1.66. The molecule has 0 amide bonds. The summed E-state index contributed by atoms with van der Waals surface area (Å²) >= 11 is 0. The zero-order chi connectivity index (χ0) is 17.2. The zero-order valence-corrected chi connectivity index (χ0v) is 14.9. The summed E-state index contributed by atoms with van der Waals surface area (Å²) in [5.74, 6) is 1.72. The van der Waals surface area contributed by atoms with Crippen LogP contribution in [0.25, 0.3) is 10.9 Å². The second-order valence-corrected chi connectivity index (χ2v) is 7.99. The second kappa shape index (κ2) is 6.92. The Hall–Kier alpha value is -1.90. The van der Waals surface area contributed by atoms with Gasteiger partial charge >= 0.3 is 0 Å². The molecular weight excluding hydrogens is 298 g/mol. The number of hydrogen-bond donors (Lipinski definition) is 0. The van der Waals surface area contributed by atoms with Crippen LogP contribution in [0.3, 0.4) is 0 Å². The highest BCUT2D eigenvalue weighted by Gasteiger charge is 2.30. The third kappa shape index (κ3) is 3.95. The lowest BCUT2D eigenvalue weighted by Gasteiger charge is -2.36. The Morgan fingerprint density at radius 3 is 2.54 bits per heavy atom. The summed E-state index contributed by atoms with van der Waals surface area (Å²) in [5.41, 5.74) is 2.13. The van der Waals surface area contributed by atoms with Gasteiger partial charge in [0, 0.05) is 17.5 Å². The molecule has 0 spiro atoms. The van der Waals surface area contributed by atoms with Gasteiger partial charge in [-0.25, -0.2) is 0 Å². The summed E-state index contributed by atoms with van der Waals surface area (Å²) in [6.07, 6.45) is 6.34. The van der Waals surface area contributed by atoms with Crippen molar-refractivity contribution in [2.75, 3.05) is 0 Å². The second-order valence-electron chi connectivity index (χ2n) is 7.99. The first-order valence-electron chi connectivity index (χ1n) is 8.95. The summed E-state index contributed by atoms with van der Waals surface area (Å²) in [5, 5.41) is 1.06. The van der Waals surface area contributed by atoms with Crippen molar-refractivity contribution in [3.63, 3.8) is 0 Å². The average molecular weight is 325 g/mol. The first-order chi connectivity index (χ1) is 11.5. The number of rotatable bonds is 4. The van der Waals surface area contributed by atoms with E-state index in [-0.39, 0.29) is 0 Å². The number of aldehydes is 1. The van der Waals surface area contributed by atoms with Crippen LogP contribution in [0.15, 0.2) is 30.3 Å². The maximum absolute atomic E-state index is 10.6. The predicted octanol–water partition coefficient (Wildman–Crippen LogP) is 4.96. The van der Waals surface area contributed by atoms with E-state index in [9.17, 15) is 4.79 Å². The SMILES string of the molecule is CC(C)(C)C1CCC(Oc2ccc3nc(CC=O)ccc3c2)CC1. The third-order valence-corrected chi connectivity index (χ3v) is 5.21. The number of pyridine rings is 1. The van der Waals surface area contributed by atoms with E-state index >= 15 is 0 Å². The molecule has 0 unspecified atom stereocenters. The molecule has 0 N–H and O–H groups in total. The minimum absolute atomic E-state index is 0.323. The van der Waals surface area contributed by atoms with Gasteiger partial charge in [-0.1, -0.05) is 26.8 Å². The highest BCUT2D eigenvalue weighted by Crippen LogP contribution is 2.38. The monoisotopic (exact) mass is 325 g/mol. The Morgan fingerprint density at radius 1 is 1.12 bits per heavy atom. The number of carbonyl (C=O) groups is 1. The maximum Gasteiger partial charge on any atom is 0.125 e. The van der Waals surface area contributed by atoms with Gasteiger partial charge in [0.05, 0.1) is 11.6 Å². The minimum atomic E-state index is 0.323. The van der Waals surface area contributed by atoms with E-state index in [1.807, 2.05) is 24.3 Å². The predicted molar refractivity (Wildman–Crippen MR) is 97.3 cm³/mol.